The number of nitrogens with one attached hydrogen (secondary N) is 1. The molecule has 0 aliphatic carbocycles. The van der Waals surface area contributed by atoms with Gasteiger partial charge in [0.05, 0.1) is 35.2 Å². The van der Waals surface area contributed by atoms with Crippen molar-refractivity contribution in [1.29, 1.82) is 0 Å². The molecule has 1 fully saturated rings. The van der Waals surface area contributed by atoms with Crippen molar-refractivity contribution in [2.45, 2.75) is 30.3 Å². The SMILES string of the molecule is COc1ccc(S(=O)(=O)N2CCC[C@@H](C(=O)N3C[C@@H](C(=O)NCCc4ccccc4)Oc4ccccc43)C2)cc1Cl. The number of carbonyl (C=O) groups is 2. The predicted molar refractivity (Wildman–Crippen MR) is 156 cm³/mol. The van der Waals surface area contributed by atoms with Gasteiger partial charge in [-0.2, -0.15) is 4.31 Å². The maximum atomic E-state index is 13.9. The Labute approximate surface area is 245 Å². The molecule has 0 aromatic heterocycles. The molecule has 216 valence electrons. The van der Waals surface area contributed by atoms with Crippen LogP contribution < -0.4 is 19.7 Å². The van der Waals surface area contributed by atoms with Gasteiger partial charge in [0.25, 0.3) is 5.91 Å². The van der Waals surface area contributed by atoms with Gasteiger partial charge in [-0.05, 0) is 55.2 Å². The Morgan fingerprint density at radius 1 is 1.05 bits per heavy atom. The van der Waals surface area contributed by atoms with Crippen LogP contribution in [0.2, 0.25) is 5.02 Å². The number of fused-ring (bicyclic) bond motifs is 1. The zero-order valence-corrected chi connectivity index (χ0v) is 24.2. The lowest BCUT2D eigenvalue weighted by Gasteiger charge is -2.38. The van der Waals surface area contributed by atoms with E-state index in [0.29, 0.717) is 49.5 Å². The van der Waals surface area contributed by atoms with Gasteiger partial charge in [0.1, 0.15) is 11.5 Å². The second kappa shape index (κ2) is 12.5. The monoisotopic (exact) mass is 597 g/mol. The molecule has 0 radical (unpaired) electrons. The second-order valence-electron chi connectivity index (χ2n) is 10.0. The number of ether oxygens (including phenoxy) is 2. The van der Waals surface area contributed by atoms with E-state index in [1.807, 2.05) is 30.3 Å². The van der Waals surface area contributed by atoms with Crippen LogP contribution in [-0.2, 0) is 26.0 Å². The molecule has 3 aromatic rings. The van der Waals surface area contributed by atoms with Gasteiger partial charge in [-0.25, -0.2) is 8.42 Å². The van der Waals surface area contributed by atoms with E-state index in [1.54, 1.807) is 29.2 Å². The van der Waals surface area contributed by atoms with Crippen molar-refractivity contribution in [1.82, 2.24) is 9.62 Å². The van der Waals surface area contributed by atoms with Gasteiger partial charge in [0, 0.05) is 19.6 Å². The van der Waals surface area contributed by atoms with Crippen LogP contribution in [0.3, 0.4) is 0 Å². The third-order valence-corrected chi connectivity index (χ3v) is 9.54. The number of nitrogens with zero attached hydrogens (tertiary/aromatic N) is 2. The summed E-state index contributed by atoms with van der Waals surface area (Å²) in [6.45, 7) is 0.785. The maximum absolute atomic E-state index is 13.9. The lowest BCUT2D eigenvalue weighted by molar-refractivity contribution is -0.129. The Morgan fingerprint density at radius 3 is 2.56 bits per heavy atom. The number of carbonyl (C=O) groups excluding carboxylic acids is 2. The first-order valence-corrected chi connectivity index (χ1v) is 15.3. The smallest absolute Gasteiger partial charge is 0.262 e. The fraction of sp³-hybridized carbons (Fsp3) is 0.333. The zero-order chi connectivity index (χ0) is 29.0. The topological polar surface area (TPSA) is 105 Å². The van der Waals surface area contributed by atoms with Crippen LogP contribution >= 0.6 is 11.6 Å². The molecule has 2 aliphatic rings. The van der Waals surface area contributed by atoms with Crippen molar-refractivity contribution in [3.63, 3.8) is 0 Å². The quantitative estimate of drug-likeness (QED) is 0.422. The molecule has 2 amide bonds. The highest BCUT2D eigenvalue weighted by molar-refractivity contribution is 7.89. The predicted octanol–water partition coefficient (Wildman–Crippen LogP) is 3.90. The third kappa shape index (κ3) is 6.34. The molecule has 41 heavy (non-hydrogen) atoms. The Morgan fingerprint density at radius 2 is 1.80 bits per heavy atom. The zero-order valence-electron chi connectivity index (χ0n) is 22.7. The molecule has 0 bridgehead atoms. The van der Waals surface area contributed by atoms with Gasteiger partial charge in [-0.3, -0.25) is 9.59 Å². The Bertz CT molecular complexity index is 1520. The summed E-state index contributed by atoms with van der Waals surface area (Å²) in [5, 5.41) is 3.11. The number of piperidine rings is 1. The number of amides is 2. The molecule has 2 aliphatic heterocycles. The molecule has 9 nitrogen and oxygen atoms in total. The van der Waals surface area contributed by atoms with E-state index in [2.05, 4.69) is 5.32 Å². The largest absolute Gasteiger partial charge is 0.495 e. The van der Waals surface area contributed by atoms with Crippen molar-refractivity contribution in [3.8, 4) is 11.5 Å². The molecule has 0 unspecified atom stereocenters. The number of hydrogen-bond donors (Lipinski definition) is 1. The molecule has 3 aromatic carbocycles. The van der Waals surface area contributed by atoms with Crippen LogP contribution in [0.4, 0.5) is 5.69 Å². The highest BCUT2D eigenvalue weighted by Crippen LogP contribution is 2.36. The summed E-state index contributed by atoms with van der Waals surface area (Å²) in [7, 11) is -2.43. The summed E-state index contributed by atoms with van der Waals surface area (Å²) in [4.78, 5) is 28.6. The minimum absolute atomic E-state index is 0.0261. The maximum Gasteiger partial charge on any atom is 0.262 e. The average Bonchev–Trinajstić information content (AvgIpc) is 3.00. The molecule has 1 N–H and O–H groups in total. The fourth-order valence-electron chi connectivity index (χ4n) is 5.21. The van der Waals surface area contributed by atoms with Crippen molar-refractivity contribution in [2.75, 3.05) is 38.2 Å². The lowest BCUT2D eigenvalue weighted by Crippen LogP contribution is -2.54. The van der Waals surface area contributed by atoms with E-state index < -0.39 is 22.0 Å². The molecule has 11 heteroatoms. The normalized spacial score (nSPS) is 19.1. The minimum atomic E-state index is -3.89. The van der Waals surface area contributed by atoms with E-state index in [1.165, 1.54) is 29.6 Å². The van der Waals surface area contributed by atoms with E-state index >= 15 is 0 Å². The van der Waals surface area contributed by atoms with Crippen LogP contribution in [-0.4, -0.2) is 63.9 Å². The molecular formula is C30H32ClN3O6S. The summed E-state index contributed by atoms with van der Waals surface area (Å²) in [6, 6.07) is 21.2. The Kier molecular flexibility index (Phi) is 8.82. The van der Waals surface area contributed by atoms with Gasteiger partial charge in [-0.1, -0.05) is 54.1 Å². The fourth-order valence-corrected chi connectivity index (χ4v) is 7.08. The van der Waals surface area contributed by atoms with Crippen molar-refractivity contribution in [2.24, 2.45) is 5.92 Å². The second-order valence-corrected chi connectivity index (χ2v) is 12.4. The van der Waals surface area contributed by atoms with Crippen LogP contribution in [0.1, 0.15) is 18.4 Å². The van der Waals surface area contributed by atoms with E-state index in [9.17, 15) is 18.0 Å². The van der Waals surface area contributed by atoms with Crippen molar-refractivity contribution < 1.29 is 27.5 Å². The van der Waals surface area contributed by atoms with E-state index in [-0.39, 0.29) is 34.8 Å². The Balaban J connectivity index is 1.30. The van der Waals surface area contributed by atoms with Crippen LogP contribution in [0.15, 0.2) is 77.7 Å². The van der Waals surface area contributed by atoms with Gasteiger partial charge in [-0.15, -0.1) is 0 Å². The van der Waals surface area contributed by atoms with E-state index in [0.717, 1.165) is 5.56 Å². The number of para-hydroxylation sites is 2. The first kappa shape index (κ1) is 28.9. The standard InChI is InChI=1S/C30H32ClN3O6S/c1-39-26-14-13-23(18-24(26)31)41(37,38)33-17-7-10-22(19-33)30(36)34-20-28(40-27-12-6-5-11-25(27)34)29(35)32-16-15-21-8-3-2-4-9-21/h2-6,8-9,11-14,18,22,28H,7,10,15-17,19-20H2,1H3,(H,32,35)/t22-,28+/m1/s1. The average molecular weight is 598 g/mol. The number of benzene rings is 3. The number of hydrogen-bond acceptors (Lipinski definition) is 6. The highest BCUT2D eigenvalue weighted by Gasteiger charge is 2.39. The first-order chi connectivity index (χ1) is 19.8. The Hall–Kier alpha value is -3.60. The van der Waals surface area contributed by atoms with E-state index in [4.69, 9.17) is 21.1 Å². The molecule has 0 spiro atoms. The summed E-state index contributed by atoms with van der Waals surface area (Å²) in [5.74, 6) is -0.321. The molecular weight excluding hydrogens is 566 g/mol. The highest BCUT2D eigenvalue weighted by atomic mass is 35.5. The van der Waals surface area contributed by atoms with Gasteiger partial charge in [0.2, 0.25) is 15.9 Å². The third-order valence-electron chi connectivity index (χ3n) is 7.38. The van der Waals surface area contributed by atoms with Crippen LogP contribution in [0.5, 0.6) is 11.5 Å². The minimum Gasteiger partial charge on any atom is -0.495 e. The molecule has 2 atom stereocenters. The molecule has 5 rings (SSSR count). The molecule has 2 heterocycles. The lowest BCUT2D eigenvalue weighted by atomic mass is 9.97. The van der Waals surface area contributed by atoms with Crippen molar-refractivity contribution in [3.05, 3.63) is 83.4 Å². The van der Waals surface area contributed by atoms with Crippen LogP contribution in [0, 0.1) is 5.92 Å². The number of anilines is 1. The molecule has 0 saturated carbocycles. The molecule has 1 saturated heterocycles. The van der Waals surface area contributed by atoms with Gasteiger partial charge < -0.3 is 19.7 Å². The number of methoxy groups -OCH3 is 1. The van der Waals surface area contributed by atoms with Gasteiger partial charge in [0.15, 0.2) is 6.10 Å². The van der Waals surface area contributed by atoms with Crippen LogP contribution in [0.25, 0.3) is 0 Å². The summed E-state index contributed by atoms with van der Waals surface area (Å²) in [6.07, 6.45) is 0.829. The first-order valence-electron chi connectivity index (χ1n) is 13.5. The number of sulfonamides is 1. The van der Waals surface area contributed by atoms with Crippen molar-refractivity contribution >= 4 is 39.1 Å². The summed E-state index contributed by atoms with van der Waals surface area (Å²) < 4.78 is 39.4. The van der Waals surface area contributed by atoms with Gasteiger partial charge >= 0.3 is 0 Å². The summed E-state index contributed by atoms with van der Waals surface area (Å²) in [5.41, 5.74) is 1.67. The number of rotatable bonds is 8. The number of halogens is 1. The summed E-state index contributed by atoms with van der Waals surface area (Å²) >= 11 is 6.19.